The number of nitrogens with two attached hydrogens (primary N) is 1. The van der Waals surface area contributed by atoms with Gasteiger partial charge in [-0.1, -0.05) is 50.2 Å². The molecule has 0 radical (unpaired) electrons. The van der Waals surface area contributed by atoms with Crippen molar-refractivity contribution in [2.24, 2.45) is 5.73 Å². The van der Waals surface area contributed by atoms with Gasteiger partial charge in [0.15, 0.2) is 18.2 Å². The summed E-state index contributed by atoms with van der Waals surface area (Å²) in [5.41, 5.74) is 8.28. The smallest absolute Gasteiger partial charge is 0.258 e. The summed E-state index contributed by atoms with van der Waals surface area (Å²) in [5, 5.41) is 2.70. The van der Waals surface area contributed by atoms with Crippen LogP contribution in [0.3, 0.4) is 0 Å². The van der Waals surface area contributed by atoms with Gasteiger partial charge < -0.3 is 15.8 Å². The van der Waals surface area contributed by atoms with E-state index in [0.29, 0.717) is 12.5 Å². The standard InChI is InChI=1S/C19H23FN2O2/c1-13(2)14-7-9-15(10-8-14)17(21)11-22-19(23)12-24-18-6-4-3-5-16(18)20/h3-10,13,17H,11-12,21H2,1-2H3,(H,22,23). The second-order valence-electron chi connectivity index (χ2n) is 5.95. The van der Waals surface area contributed by atoms with Crippen LogP contribution >= 0.6 is 0 Å². The van der Waals surface area contributed by atoms with Crippen LogP contribution < -0.4 is 15.8 Å². The molecule has 0 saturated carbocycles. The number of hydrogen-bond donors (Lipinski definition) is 2. The lowest BCUT2D eigenvalue weighted by atomic mass is 9.99. The van der Waals surface area contributed by atoms with Crippen molar-refractivity contribution in [1.29, 1.82) is 0 Å². The highest BCUT2D eigenvalue weighted by atomic mass is 19.1. The number of carbonyl (C=O) groups is 1. The molecule has 0 aliphatic rings. The minimum absolute atomic E-state index is 0.0567. The van der Waals surface area contributed by atoms with Crippen LogP contribution in [0.15, 0.2) is 48.5 Å². The highest BCUT2D eigenvalue weighted by molar-refractivity contribution is 5.77. The molecule has 0 aliphatic heterocycles. The highest BCUT2D eigenvalue weighted by Gasteiger charge is 2.10. The van der Waals surface area contributed by atoms with Crippen LogP contribution in [0.2, 0.25) is 0 Å². The zero-order valence-electron chi connectivity index (χ0n) is 14.0. The van der Waals surface area contributed by atoms with Crippen molar-refractivity contribution >= 4 is 5.91 Å². The molecule has 1 atom stereocenters. The summed E-state index contributed by atoms with van der Waals surface area (Å²) in [6.07, 6.45) is 0. The summed E-state index contributed by atoms with van der Waals surface area (Å²) in [6.45, 7) is 4.30. The van der Waals surface area contributed by atoms with Crippen molar-refractivity contribution in [3.63, 3.8) is 0 Å². The predicted octanol–water partition coefficient (Wildman–Crippen LogP) is 3.14. The van der Waals surface area contributed by atoms with Crippen molar-refractivity contribution in [2.75, 3.05) is 13.2 Å². The molecule has 0 saturated heterocycles. The highest BCUT2D eigenvalue weighted by Crippen LogP contribution is 2.17. The Morgan fingerprint density at radius 1 is 1.12 bits per heavy atom. The lowest BCUT2D eigenvalue weighted by Crippen LogP contribution is -2.35. The Morgan fingerprint density at radius 3 is 2.38 bits per heavy atom. The number of benzene rings is 2. The Bertz CT molecular complexity index is 671. The molecule has 0 heterocycles. The van der Waals surface area contributed by atoms with E-state index in [2.05, 4.69) is 19.2 Å². The van der Waals surface area contributed by atoms with Crippen molar-refractivity contribution in [2.45, 2.75) is 25.8 Å². The first-order valence-electron chi connectivity index (χ1n) is 7.97. The number of nitrogens with one attached hydrogen (secondary N) is 1. The van der Waals surface area contributed by atoms with Crippen LogP contribution in [0.4, 0.5) is 4.39 Å². The van der Waals surface area contributed by atoms with Crippen molar-refractivity contribution < 1.29 is 13.9 Å². The third-order valence-electron chi connectivity index (χ3n) is 3.75. The topological polar surface area (TPSA) is 64.3 Å². The Hall–Kier alpha value is -2.40. The number of amides is 1. The quantitative estimate of drug-likeness (QED) is 0.820. The van der Waals surface area contributed by atoms with Gasteiger partial charge in [-0.05, 0) is 29.2 Å². The molecule has 2 aromatic rings. The van der Waals surface area contributed by atoms with Crippen LogP contribution in [-0.4, -0.2) is 19.1 Å². The van der Waals surface area contributed by atoms with Gasteiger partial charge in [-0.3, -0.25) is 4.79 Å². The van der Waals surface area contributed by atoms with Gasteiger partial charge in [-0.2, -0.15) is 0 Å². The fourth-order valence-electron chi connectivity index (χ4n) is 2.23. The Kier molecular flexibility index (Phi) is 6.32. The second kappa shape index (κ2) is 8.45. The van der Waals surface area contributed by atoms with E-state index in [1.54, 1.807) is 12.1 Å². The van der Waals surface area contributed by atoms with Crippen LogP contribution in [0.1, 0.15) is 36.9 Å². The molecule has 0 fully saturated rings. The second-order valence-corrected chi connectivity index (χ2v) is 5.95. The molecule has 4 nitrogen and oxygen atoms in total. The molecule has 1 amide bonds. The fraction of sp³-hybridized carbons (Fsp3) is 0.316. The predicted molar refractivity (Wildman–Crippen MR) is 92.4 cm³/mol. The molecule has 0 bridgehead atoms. The maximum atomic E-state index is 13.4. The number of carbonyl (C=O) groups excluding carboxylic acids is 1. The van der Waals surface area contributed by atoms with Gasteiger partial charge in [0.1, 0.15) is 0 Å². The summed E-state index contributed by atoms with van der Waals surface area (Å²) in [7, 11) is 0. The molecule has 0 aliphatic carbocycles. The molecule has 2 rings (SSSR count). The third kappa shape index (κ3) is 5.06. The van der Waals surface area contributed by atoms with Gasteiger partial charge in [0.2, 0.25) is 0 Å². The van der Waals surface area contributed by atoms with E-state index in [-0.39, 0.29) is 24.3 Å². The average molecular weight is 330 g/mol. The molecular formula is C19H23FN2O2. The largest absolute Gasteiger partial charge is 0.481 e. The van der Waals surface area contributed by atoms with Gasteiger partial charge in [0.05, 0.1) is 0 Å². The van der Waals surface area contributed by atoms with Crippen molar-refractivity contribution in [1.82, 2.24) is 5.32 Å². The number of halogens is 1. The maximum Gasteiger partial charge on any atom is 0.258 e. The van der Waals surface area contributed by atoms with E-state index in [1.165, 1.54) is 17.7 Å². The normalized spacial score (nSPS) is 12.0. The van der Waals surface area contributed by atoms with E-state index < -0.39 is 5.82 Å². The van der Waals surface area contributed by atoms with E-state index >= 15 is 0 Å². The average Bonchev–Trinajstić information content (AvgIpc) is 2.59. The molecule has 2 aromatic carbocycles. The summed E-state index contributed by atoms with van der Waals surface area (Å²) in [6, 6.07) is 13.7. The summed E-state index contributed by atoms with van der Waals surface area (Å²) >= 11 is 0. The molecule has 0 aromatic heterocycles. The van der Waals surface area contributed by atoms with E-state index in [4.69, 9.17) is 10.5 Å². The molecular weight excluding hydrogens is 307 g/mol. The number of hydrogen-bond acceptors (Lipinski definition) is 3. The molecule has 1 unspecified atom stereocenters. The van der Waals surface area contributed by atoms with Gasteiger partial charge in [0.25, 0.3) is 5.91 Å². The number of ether oxygens (including phenoxy) is 1. The Morgan fingerprint density at radius 2 is 1.75 bits per heavy atom. The van der Waals surface area contributed by atoms with Crippen molar-refractivity contribution in [3.05, 3.63) is 65.5 Å². The zero-order valence-corrected chi connectivity index (χ0v) is 14.0. The SMILES string of the molecule is CC(C)c1ccc(C(N)CNC(=O)COc2ccccc2F)cc1. The maximum absolute atomic E-state index is 13.4. The van der Waals surface area contributed by atoms with Gasteiger partial charge in [0, 0.05) is 12.6 Å². The molecule has 3 N–H and O–H groups in total. The summed E-state index contributed by atoms with van der Waals surface area (Å²) < 4.78 is 18.5. The first kappa shape index (κ1) is 17.9. The third-order valence-corrected chi connectivity index (χ3v) is 3.75. The molecule has 0 spiro atoms. The van der Waals surface area contributed by atoms with Crippen molar-refractivity contribution in [3.8, 4) is 5.75 Å². The van der Waals surface area contributed by atoms with Gasteiger partial charge in [-0.25, -0.2) is 4.39 Å². The fourth-order valence-corrected chi connectivity index (χ4v) is 2.23. The minimum Gasteiger partial charge on any atom is -0.481 e. The minimum atomic E-state index is -0.493. The van der Waals surface area contributed by atoms with Crippen LogP contribution in [-0.2, 0) is 4.79 Å². The van der Waals surface area contributed by atoms with Crippen LogP contribution in [0.5, 0.6) is 5.75 Å². The monoisotopic (exact) mass is 330 g/mol. The molecule has 24 heavy (non-hydrogen) atoms. The lowest BCUT2D eigenvalue weighted by Gasteiger charge is -2.15. The number of rotatable bonds is 7. The molecule has 5 heteroatoms. The van der Waals surface area contributed by atoms with E-state index in [1.807, 2.05) is 24.3 Å². The molecule has 128 valence electrons. The Balaban J connectivity index is 1.79. The van der Waals surface area contributed by atoms with Crippen LogP contribution in [0.25, 0.3) is 0 Å². The first-order chi connectivity index (χ1) is 11.5. The van der Waals surface area contributed by atoms with E-state index in [9.17, 15) is 9.18 Å². The Labute approximate surface area is 141 Å². The van der Waals surface area contributed by atoms with Crippen LogP contribution in [0, 0.1) is 5.82 Å². The first-order valence-corrected chi connectivity index (χ1v) is 7.97. The zero-order chi connectivity index (χ0) is 17.5. The lowest BCUT2D eigenvalue weighted by molar-refractivity contribution is -0.123. The van der Waals surface area contributed by atoms with Gasteiger partial charge >= 0.3 is 0 Å². The van der Waals surface area contributed by atoms with E-state index in [0.717, 1.165) is 5.56 Å². The van der Waals surface area contributed by atoms with Gasteiger partial charge in [-0.15, -0.1) is 0 Å². The summed E-state index contributed by atoms with van der Waals surface area (Å²) in [5.74, 6) is -0.313. The summed E-state index contributed by atoms with van der Waals surface area (Å²) in [4.78, 5) is 11.8. The number of para-hydroxylation sites is 1.